The average Bonchev–Trinajstić information content (AvgIpc) is 2.63. The molecule has 0 spiro atoms. The van der Waals surface area contributed by atoms with Gasteiger partial charge in [0.05, 0.1) is 0 Å². The summed E-state index contributed by atoms with van der Waals surface area (Å²) in [4.78, 5) is 11.5. The van der Waals surface area contributed by atoms with Crippen LogP contribution < -0.4 is 0 Å². The predicted octanol–water partition coefficient (Wildman–Crippen LogP) is 0.600. The quantitative estimate of drug-likeness (QED) is 0.337. The van der Waals surface area contributed by atoms with E-state index in [9.17, 15) is 4.79 Å². The van der Waals surface area contributed by atoms with E-state index in [0.29, 0.717) is 0 Å². The van der Waals surface area contributed by atoms with E-state index in [4.69, 9.17) is 51.2 Å². The number of hydrogen-bond acceptors (Lipinski definition) is 13. The summed E-state index contributed by atoms with van der Waals surface area (Å²) in [6.45, 7) is 9.56. The molecule has 0 radical (unpaired) electrons. The highest BCUT2D eigenvalue weighted by Gasteiger charge is 2.69. The molecule has 31 heavy (non-hydrogen) atoms. The fourth-order valence-electron chi connectivity index (χ4n) is 3.10. The third kappa shape index (κ3) is 6.69. The van der Waals surface area contributed by atoms with Gasteiger partial charge in [-0.1, -0.05) is 0 Å². The van der Waals surface area contributed by atoms with Crippen LogP contribution in [0.3, 0.4) is 0 Å². The van der Waals surface area contributed by atoms with Gasteiger partial charge in [0.2, 0.25) is 0 Å². The molecule has 13 nitrogen and oxygen atoms in total. The van der Waals surface area contributed by atoms with Gasteiger partial charge in [-0.2, -0.15) is 0 Å². The molecule has 6 atom stereocenters. The normalized spacial score (nSPS) is 46.4. The van der Waals surface area contributed by atoms with Crippen molar-refractivity contribution in [3.8, 4) is 0 Å². The summed E-state index contributed by atoms with van der Waals surface area (Å²) in [5.74, 6) is -0.532. The van der Waals surface area contributed by atoms with Crippen LogP contribution in [0, 0.1) is 0 Å². The van der Waals surface area contributed by atoms with Crippen molar-refractivity contribution in [2.75, 3.05) is 34.7 Å². The van der Waals surface area contributed by atoms with Crippen LogP contribution in [-0.4, -0.2) is 93.5 Å². The lowest BCUT2D eigenvalue weighted by Crippen LogP contribution is -2.77. The molecule has 2 heterocycles. The van der Waals surface area contributed by atoms with E-state index in [1.807, 2.05) is 0 Å². The van der Waals surface area contributed by atoms with Gasteiger partial charge in [-0.05, 0) is 0 Å². The first-order valence-corrected chi connectivity index (χ1v) is 22.4. The molecule has 182 valence electrons. The topological polar surface area (TPSA) is 128 Å². The molecule has 0 aromatic heterocycles. The smallest absolute Gasteiger partial charge is 0.461 e. The van der Waals surface area contributed by atoms with Crippen LogP contribution in [0.2, 0.25) is 32.7 Å². The Hall–Kier alpha value is 0.331. The summed E-state index contributed by atoms with van der Waals surface area (Å²) in [6, 6.07) is 0. The highest BCUT2D eigenvalue weighted by atomic mass is 28.6. The van der Waals surface area contributed by atoms with Gasteiger partial charge in [0.1, 0.15) is 0 Å². The zero-order valence-electron chi connectivity index (χ0n) is 19.5. The van der Waals surface area contributed by atoms with Gasteiger partial charge in [-0.15, -0.1) is 0 Å². The Morgan fingerprint density at radius 3 is 1.42 bits per heavy atom. The second-order valence-corrected chi connectivity index (χ2v) is 24.9. The van der Waals surface area contributed by atoms with Crippen molar-refractivity contribution >= 4 is 58.8 Å². The second kappa shape index (κ2) is 9.53. The van der Waals surface area contributed by atoms with Crippen molar-refractivity contribution in [2.24, 2.45) is 0 Å². The first kappa shape index (κ1) is 27.6. The molecule has 0 saturated carbocycles. The maximum absolute atomic E-state index is 11.5. The third-order valence-electron chi connectivity index (χ3n) is 4.41. The van der Waals surface area contributed by atoms with E-state index < -0.39 is 58.8 Å². The SMILES string of the molecule is CO[Si]1(C)O[Si](C)(OC)O[Si]2(C)O[Si](C)(O1)O[Si](C)(OC)O[Si](COC(C)=O)(OC)O2. The number of hydrogen-bond donors (Lipinski definition) is 0. The Labute approximate surface area is 189 Å². The number of esters is 1. The molecule has 0 aliphatic carbocycles. The van der Waals surface area contributed by atoms with Gasteiger partial charge >= 0.3 is 58.8 Å². The first-order chi connectivity index (χ1) is 14.1. The van der Waals surface area contributed by atoms with Crippen molar-refractivity contribution < 1.29 is 56.0 Å². The molecule has 2 aliphatic rings. The van der Waals surface area contributed by atoms with Crippen LogP contribution in [0.5, 0.6) is 0 Å². The van der Waals surface area contributed by atoms with E-state index in [2.05, 4.69) is 0 Å². The molecule has 0 N–H and O–H groups in total. The fraction of sp³-hybridized carbons (Fsp3) is 0.917. The van der Waals surface area contributed by atoms with E-state index in [-0.39, 0.29) is 6.23 Å². The van der Waals surface area contributed by atoms with E-state index in [1.54, 1.807) is 32.7 Å². The minimum atomic E-state index is -3.76. The van der Waals surface area contributed by atoms with E-state index in [0.717, 1.165) is 0 Å². The van der Waals surface area contributed by atoms with Gasteiger partial charge in [-0.3, -0.25) is 4.79 Å². The number of carbonyl (C=O) groups is 1. The van der Waals surface area contributed by atoms with E-state index >= 15 is 0 Å². The molecule has 2 bridgehead atoms. The summed E-state index contributed by atoms with van der Waals surface area (Å²) >= 11 is 0. The lowest BCUT2D eigenvalue weighted by atomic mass is 10.8. The molecule has 0 amide bonds. The number of ether oxygens (including phenoxy) is 1. The summed E-state index contributed by atoms with van der Waals surface area (Å²) < 4.78 is 71.5. The van der Waals surface area contributed by atoms with Crippen molar-refractivity contribution in [1.29, 1.82) is 0 Å². The van der Waals surface area contributed by atoms with Crippen molar-refractivity contribution in [3.05, 3.63) is 0 Å². The van der Waals surface area contributed by atoms with Gasteiger partial charge < -0.3 is 51.2 Å². The standard InChI is InChI=1S/C12H32O13Si6/c1-12(13)18-11-31(17-5)24-28(8,16-4)22-29(9)20-26(6,14-2)19-27(7,15-3)21-30(10,23-29)25-31/h11H2,1-10H3. The molecular weight excluding hydrogens is 521 g/mol. The molecule has 0 aromatic carbocycles. The molecule has 6 unspecified atom stereocenters. The summed E-state index contributed by atoms with van der Waals surface area (Å²) in [5, 5.41) is 0. The van der Waals surface area contributed by atoms with Gasteiger partial charge in [-0.25, -0.2) is 0 Å². The monoisotopic (exact) mass is 552 g/mol. The fourth-order valence-corrected chi connectivity index (χ4v) is 30.1. The molecule has 0 aromatic rings. The Morgan fingerprint density at radius 1 is 0.613 bits per heavy atom. The molecule has 2 rings (SSSR count). The van der Waals surface area contributed by atoms with Crippen molar-refractivity contribution in [2.45, 2.75) is 39.7 Å². The minimum absolute atomic E-state index is 0.292. The van der Waals surface area contributed by atoms with Crippen molar-refractivity contribution in [1.82, 2.24) is 0 Å². The average molecular weight is 553 g/mol. The second-order valence-electron chi connectivity index (χ2n) is 7.31. The maximum atomic E-state index is 11.5. The van der Waals surface area contributed by atoms with Crippen LogP contribution in [0.1, 0.15) is 6.92 Å². The van der Waals surface area contributed by atoms with Gasteiger partial charge in [0.25, 0.3) is 0 Å². The molecule has 19 heteroatoms. The minimum Gasteiger partial charge on any atom is -0.461 e. The van der Waals surface area contributed by atoms with Crippen LogP contribution in [0.25, 0.3) is 0 Å². The Balaban J connectivity index is 2.59. The largest absolute Gasteiger partial charge is 0.525 e. The molecule has 2 fully saturated rings. The highest BCUT2D eigenvalue weighted by molar-refractivity contribution is 6.94. The summed E-state index contributed by atoms with van der Waals surface area (Å²) in [5.41, 5.74) is 0. The third-order valence-corrected chi connectivity index (χ3v) is 28.0. The lowest BCUT2D eigenvalue weighted by Gasteiger charge is -2.51. The Morgan fingerprint density at radius 2 is 1.03 bits per heavy atom. The number of rotatable bonds is 6. The number of carbonyl (C=O) groups excluding carboxylic acids is 1. The van der Waals surface area contributed by atoms with Gasteiger partial charge in [0, 0.05) is 68.1 Å². The first-order valence-electron chi connectivity index (χ1n) is 9.36. The molecular formula is C12H32O13Si6. The predicted molar refractivity (Wildman–Crippen MR) is 116 cm³/mol. The maximum Gasteiger partial charge on any atom is 0.525 e. The Bertz CT molecular complexity index is 679. The van der Waals surface area contributed by atoms with Crippen molar-refractivity contribution in [3.63, 3.8) is 0 Å². The lowest BCUT2D eigenvalue weighted by molar-refractivity contribution is -0.140. The van der Waals surface area contributed by atoms with Crippen LogP contribution in [0.15, 0.2) is 0 Å². The van der Waals surface area contributed by atoms with E-state index in [1.165, 1.54) is 35.4 Å². The highest BCUT2D eigenvalue weighted by Crippen LogP contribution is 2.38. The summed E-state index contributed by atoms with van der Waals surface area (Å²) in [7, 11) is -15.4. The van der Waals surface area contributed by atoms with Gasteiger partial charge in [0.15, 0.2) is 6.23 Å². The molecule has 2 saturated heterocycles. The zero-order chi connectivity index (χ0) is 23.8. The van der Waals surface area contributed by atoms with Crippen LogP contribution in [-0.2, 0) is 56.0 Å². The van der Waals surface area contributed by atoms with Crippen LogP contribution >= 0.6 is 0 Å². The van der Waals surface area contributed by atoms with Crippen LogP contribution in [0.4, 0.5) is 0 Å². The molecule has 2 aliphatic heterocycles. The Kier molecular flexibility index (Phi) is 8.48. The number of fused-ring (bicyclic) bond motifs is 2. The zero-order valence-corrected chi connectivity index (χ0v) is 25.5. The summed E-state index contributed by atoms with van der Waals surface area (Å²) in [6.07, 6.45) is -0.292.